The molecule has 0 aliphatic heterocycles. The lowest BCUT2D eigenvalue weighted by molar-refractivity contribution is -0.491. The van der Waals surface area contributed by atoms with Gasteiger partial charge in [-0.3, -0.25) is 14.9 Å². The van der Waals surface area contributed by atoms with Crippen molar-refractivity contribution in [2.45, 2.75) is 57.8 Å². The Balaban J connectivity index is 2.07. The molecule has 2 aliphatic carbocycles. The summed E-state index contributed by atoms with van der Waals surface area (Å²) in [4.78, 5) is 22.7. The van der Waals surface area contributed by atoms with Gasteiger partial charge in [0.15, 0.2) is 0 Å². The molecule has 102 valence electrons. The molecule has 0 unspecified atom stereocenters. The van der Waals surface area contributed by atoms with Crippen molar-refractivity contribution in [1.82, 2.24) is 0 Å². The smallest absolute Gasteiger partial charge is 0.207 e. The Kier molecular flexibility index (Phi) is 4.72. The van der Waals surface area contributed by atoms with Crippen LogP contribution in [0, 0.1) is 27.9 Å². The standard InChI is InChI=1S/C14H23NO3/c16-14-9-5-4-8-12(14)13(10-15(17)18)11-6-2-1-3-7-11/h11-13H,1-10H2/t12-,13-/m0/s1. The maximum Gasteiger partial charge on any atom is 0.207 e. The normalized spacial score (nSPS) is 28.0. The molecule has 18 heavy (non-hydrogen) atoms. The fourth-order valence-corrected chi connectivity index (χ4v) is 3.80. The number of carbonyl (C=O) groups is 1. The minimum Gasteiger partial charge on any atom is -0.299 e. The summed E-state index contributed by atoms with van der Waals surface area (Å²) in [6.45, 7) is 0.00106. The van der Waals surface area contributed by atoms with Gasteiger partial charge in [-0.2, -0.15) is 0 Å². The van der Waals surface area contributed by atoms with Crippen molar-refractivity contribution in [3.63, 3.8) is 0 Å². The highest BCUT2D eigenvalue weighted by Crippen LogP contribution is 2.38. The quantitative estimate of drug-likeness (QED) is 0.571. The number of carbonyl (C=O) groups excluding carboxylic acids is 1. The average Bonchev–Trinajstić information content (AvgIpc) is 2.38. The first-order chi connectivity index (χ1) is 8.68. The van der Waals surface area contributed by atoms with Crippen LogP contribution < -0.4 is 0 Å². The van der Waals surface area contributed by atoms with Crippen LogP contribution in [0.5, 0.6) is 0 Å². The van der Waals surface area contributed by atoms with Crippen molar-refractivity contribution in [2.75, 3.05) is 6.54 Å². The van der Waals surface area contributed by atoms with E-state index in [9.17, 15) is 14.9 Å². The molecule has 0 aromatic carbocycles. The molecule has 0 saturated heterocycles. The zero-order chi connectivity index (χ0) is 13.0. The third-order valence-corrected chi connectivity index (χ3v) is 4.73. The molecule has 0 bridgehead atoms. The largest absolute Gasteiger partial charge is 0.299 e. The lowest BCUT2D eigenvalue weighted by Gasteiger charge is -2.34. The Morgan fingerprint density at radius 3 is 2.39 bits per heavy atom. The fraction of sp³-hybridized carbons (Fsp3) is 0.929. The molecule has 2 atom stereocenters. The summed E-state index contributed by atoms with van der Waals surface area (Å²) < 4.78 is 0. The molecular formula is C14H23NO3. The van der Waals surface area contributed by atoms with Crippen LogP contribution in [0.15, 0.2) is 0 Å². The second-order valence-corrected chi connectivity index (χ2v) is 5.90. The van der Waals surface area contributed by atoms with Crippen molar-refractivity contribution in [3.05, 3.63) is 10.1 Å². The van der Waals surface area contributed by atoms with Gasteiger partial charge in [0.1, 0.15) is 5.78 Å². The van der Waals surface area contributed by atoms with E-state index in [-0.39, 0.29) is 23.3 Å². The van der Waals surface area contributed by atoms with Gasteiger partial charge in [-0.05, 0) is 31.6 Å². The molecule has 0 N–H and O–H groups in total. The van der Waals surface area contributed by atoms with Gasteiger partial charge >= 0.3 is 0 Å². The summed E-state index contributed by atoms with van der Waals surface area (Å²) in [6, 6.07) is 0. The van der Waals surface area contributed by atoms with Gasteiger partial charge in [0.25, 0.3) is 0 Å². The summed E-state index contributed by atoms with van der Waals surface area (Å²) in [6.07, 6.45) is 9.35. The molecule has 2 rings (SSSR count). The number of nitro groups is 1. The van der Waals surface area contributed by atoms with Crippen LogP contribution in [0.25, 0.3) is 0 Å². The van der Waals surface area contributed by atoms with Crippen molar-refractivity contribution in [2.24, 2.45) is 17.8 Å². The average molecular weight is 253 g/mol. The van der Waals surface area contributed by atoms with Crippen molar-refractivity contribution in [1.29, 1.82) is 0 Å². The fourth-order valence-electron chi connectivity index (χ4n) is 3.80. The highest BCUT2D eigenvalue weighted by Gasteiger charge is 2.38. The predicted octanol–water partition coefficient (Wildman–Crippen LogP) is 3.22. The Labute approximate surface area is 108 Å². The van der Waals surface area contributed by atoms with E-state index in [0.29, 0.717) is 18.1 Å². The molecular weight excluding hydrogens is 230 g/mol. The third-order valence-electron chi connectivity index (χ3n) is 4.73. The van der Waals surface area contributed by atoms with Crippen LogP contribution in [-0.2, 0) is 4.79 Å². The highest BCUT2D eigenvalue weighted by molar-refractivity contribution is 5.81. The molecule has 0 spiro atoms. The SMILES string of the molecule is O=C1CCCC[C@H]1[C@@H](C[N+](=O)[O-])C1CCCCC1. The number of ketones is 1. The first-order valence-corrected chi connectivity index (χ1v) is 7.33. The van der Waals surface area contributed by atoms with Crippen LogP contribution in [0.1, 0.15) is 57.8 Å². The molecule has 4 nitrogen and oxygen atoms in total. The maximum absolute atomic E-state index is 12.0. The molecule has 0 heterocycles. The first kappa shape index (κ1) is 13.5. The molecule has 0 aromatic heterocycles. The monoisotopic (exact) mass is 253 g/mol. The summed E-state index contributed by atoms with van der Waals surface area (Å²) in [5.74, 6) is 0.690. The second kappa shape index (κ2) is 6.30. The van der Waals surface area contributed by atoms with Crippen molar-refractivity contribution >= 4 is 5.78 Å². The number of nitrogens with zero attached hydrogens (tertiary/aromatic N) is 1. The van der Waals surface area contributed by atoms with Crippen LogP contribution in [0.2, 0.25) is 0 Å². The lowest BCUT2D eigenvalue weighted by atomic mass is 9.69. The van der Waals surface area contributed by atoms with Crippen LogP contribution in [0.3, 0.4) is 0 Å². The van der Waals surface area contributed by atoms with Gasteiger partial charge in [-0.15, -0.1) is 0 Å². The van der Waals surface area contributed by atoms with E-state index in [2.05, 4.69) is 0 Å². The van der Waals surface area contributed by atoms with Gasteiger partial charge in [0, 0.05) is 23.2 Å². The minimum atomic E-state index is -0.207. The van der Waals surface area contributed by atoms with Crippen LogP contribution in [0.4, 0.5) is 0 Å². The van der Waals surface area contributed by atoms with Gasteiger partial charge in [-0.25, -0.2) is 0 Å². The van der Waals surface area contributed by atoms with E-state index in [1.165, 1.54) is 19.3 Å². The maximum atomic E-state index is 12.0. The molecule has 2 aliphatic rings. The predicted molar refractivity (Wildman–Crippen MR) is 68.9 cm³/mol. The highest BCUT2D eigenvalue weighted by atomic mass is 16.6. The number of Topliss-reactive ketones (excluding diaryl/α,β-unsaturated/α-hetero) is 1. The van der Waals surface area contributed by atoms with E-state index in [1.54, 1.807) is 0 Å². The van der Waals surface area contributed by atoms with Gasteiger partial charge < -0.3 is 0 Å². The molecule has 2 saturated carbocycles. The molecule has 4 heteroatoms. The van der Waals surface area contributed by atoms with Crippen molar-refractivity contribution < 1.29 is 9.72 Å². The summed E-state index contributed by atoms with van der Waals surface area (Å²) in [5.41, 5.74) is 0. The van der Waals surface area contributed by atoms with E-state index in [1.807, 2.05) is 0 Å². The molecule has 2 fully saturated rings. The van der Waals surface area contributed by atoms with E-state index in [0.717, 1.165) is 32.1 Å². The topological polar surface area (TPSA) is 60.2 Å². The van der Waals surface area contributed by atoms with Crippen LogP contribution >= 0.6 is 0 Å². The molecule has 0 radical (unpaired) electrons. The summed E-state index contributed by atoms with van der Waals surface area (Å²) in [5, 5.41) is 10.9. The van der Waals surface area contributed by atoms with Gasteiger partial charge in [0.2, 0.25) is 6.54 Å². The second-order valence-electron chi connectivity index (χ2n) is 5.90. The first-order valence-electron chi connectivity index (χ1n) is 7.33. The van der Waals surface area contributed by atoms with Gasteiger partial charge in [-0.1, -0.05) is 25.7 Å². The number of hydrogen-bond donors (Lipinski definition) is 0. The Bertz CT molecular complexity index is 310. The number of hydrogen-bond acceptors (Lipinski definition) is 3. The Morgan fingerprint density at radius 2 is 1.78 bits per heavy atom. The van der Waals surface area contributed by atoms with E-state index in [4.69, 9.17) is 0 Å². The van der Waals surface area contributed by atoms with E-state index >= 15 is 0 Å². The lowest BCUT2D eigenvalue weighted by Crippen LogP contribution is -2.37. The third kappa shape index (κ3) is 3.30. The Hall–Kier alpha value is -0.930. The molecule has 0 amide bonds. The van der Waals surface area contributed by atoms with Crippen LogP contribution in [-0.4, -0.2) is 17.3 Å². The van der Waals surface area contributed by atoms with Crippen molar-refractivity contribution in [3.8, 4) is 0 Å². The Morgan fingerprint density at radius 1 is 1.11 bits per heavy atom. The molecule has 0 aromatic rings. The number of rotatable bonds is 4. The van der Waals surface area contributed by atoms with Gasteiger partial charge in [0.05, 0.1) is 0 Å². The summed E-state index contributed by atoms with van der Waals surface area (Å²) >= 11 is 0. The zero-order valence-corrected chi connectivity index (χ0v) is 11.0. The zero-order valence-electron chi connectivity index (χ0n) is 11.0. The minimum absolute atomic E-state index is 0.00106. The summed E-state index contributed by atoms with van der Waals surface area (Å²) in [7, 11) is 0. The van der Waals surface area contributed by atoms with E-state index < -0.39 is 0 Å².